The highest BCUT2D eigenvalue weighted by molar-refractivity contribution is 14.1. The molecule has 1 unspecified atom stereocenters. The molecule has 1 saturated heterocycles. The fourth-order valence-electron chi connectivity index (χ4n) is 4.29. The smallest absolute Gasteiger partial charge is 0.325 e. The van der Waals surface area contributed by atoms with Gasteiger partial charge >= 0.3 is 6.03 Å². The molecule has 1 fully saturated rings. The molecule has 2 heterocycles. The minimum absolute atomic E-state index is 0.167. The second-order valence-corrected chi connectivity index (χ2v) is 9.17. The van der Waals surface area contributed by atoms with Crippen LogP contribution in [0, 0.1) is 3.57 Å². The van der Waals surface area contributed by atoms with Crippen LogP contribution in [0.3, 0.4) is 0 Å². The van der Waals surface area contributed by atoms with E-state index in [0.717, 1.165) is 25.7 Å². The van der Waals surface area contributed by atoms with Gasteiger partial charge in [-0.3, -0.25) is 9.69 Å². The van der Waals surface area contributed by atoms with Crippen LogP contribution in [0.2, 0.25) is 0 Å². The van der Waals surface area contributed by atoms with Crippen molar-refractivity contribution >= 4 is 45.6 Å². The normalized spacial score (nSPS) is 18.1. The van der Waals surface area contributed by atoms with Crippen LogP contribution in [0.25, 0.3) is 11.0 Å². The number of carbonyl (C=O) groups is 2. The van der Waals surface area contributed by atoms with E-state index in [1.807, 2.05) is 85.8 Å². The van der Waals surface area contributed by atoms with Crippen molar-refractivity contribution in [2.45, 2.75) is 24.9 Å². The molecule has 0 spiro atoms. The number of amides is 3. The lowest BCUT2D eigenvalue weighted by Gasteiger charge is -2.29. The van der Waals surface area contributed by atoms with Gasteiger partial charge in [-0.25, -0.2) is 9.78 Å². The number of aromatic amines is 1. The Kier molecular flexibility index (Phi) is 5.42. The first kappa shape index (κ1) is 20.7. The molecule has 160 valence electrons. The molecular weight excluding hydrogens is 515 g/mol. The first-order valence-electron chi connectivity index (χ1n) is 10.4. The van der Waals surface area contributed by atoms with Gasteiger partial charge in [0.1, 0.15) is 17.9 Å². The summed E-state index contributed by atoms with van der Waals surface area (Å²) in [5.41, 5.74) is 3.47. The molecule has 32 heavy (non-hydrogen) atoms. The van der Waals surface area contributed by atoms with Gasteiger partial charge in [0, 0.05) is 9.49 Å². The van der Waals surface area contributed by atoms with Crippen molar-refractivity contribution in [1.29, 1.82) is 0 Å². The lowest BCUT2D eigenvalue weighted by Crippen LogP contribution is -2.38. The number of benzene rings is 3. The average Bonchev–Trinajstić information content (AvgIpc) is 3.36. The Labute approximate surface area is 199 Å². The molecule has 0 saturated carbocycles. The first-order valence-corrected chi connectivity index (χ1v) is 11.5. The van der Waals surface area contributed by atoms with E-state index in [9.17, 15) is 9.59 Å². The zero-order valence-corrected chi connectivity index (χ0v) is 19.5. The van der Waals surface area contributed by atoms with Gasteiger partial charge in [0.05, 0.1) is 11.0 Å². The summed E-state index contributed by atoms with van der Waals surface area (Å²) >= 11 is 2.25. The van der Waals surface area contributed by atoms with Crippen molar-refractivity contribution in [2.24, 2.45) is 0 Å². The number of imidazole rings is 1. The molecule has 3 atom stereocenters. The maximum atomic E-state index is 13.5. The zero-order valence-electron chi connectivity index (χ0n) is 17.3. The van der Waals surface area contributed by atoms with Crippen LogP contribution in [0.4, 0.5) is 4.79 Å². The molecule has 4 aromatic rings. The van der Waals surface area contributed by atoms with Crippen molar-refractivity contribution in [2.75, 3.05) is 0 Å². The van der Waals surface area contributed by atoms with Gasteiger partial charge in [-0.15, -0.1) is 0 Å². The quantitative estimate of drug-likeness (QED) is 0.268. The van der Waals surface area contributed by atoms with Crippen molar-refractivity contribution in [1.82, 2.24) is 20.2 Å². The zero-order chi connectivity index (χ0) is 22.2. The summed E-state index contributed by atoms with van der Waals surface area (Å²) in [4.78, 5) is 36.2. The van der Waals surface area contributed by atoms with Crippen LogP contribution in [-0.4, -0.2) is 26.8 Å². The maximum absolute atomic E-state index is 13.5. The third-order valence-electron chi connectivity index (χ3n) is 5.92. The number of nitrogens with zero attached hydrogens (tertiary/aromatic N) is 2. The Balaban J connectivity index is 1.60. The van der Waals surface area contributed by atoms with Gasteiger partial charge in [-0.2, -0.15) is 0 Å². The molecule has 2 N–H and O–H groups in total. The number of halogens is 1. The number of rotatable bonds is 5. The summed E-state index contributed by atoms with van der Waals surface area (Å²) in [6.45, 7) is 2.02. The molecule has 0 radical (unpaired) electrons. The molecule has 1 aromatic heterocycles. The Bertz CT molecular complexity index is 1290. The molecule has 1 aliphatic heterocycles. The van der Waals surface area contributed by atoms with E-state index in [4.69, 9.17) is 4.98 Å². The van der Waals surface area contributed by atoms with Gasteiger partial charge in [0.25, 0.3) is 5.91 Å². The number of hydrogen-bond acceptors (Lipinski definition) is 3. The first-order chi connectivity index (χ1) is 15.5. The summed E-state index contributed by atoms with van der Waals surface area (Å²) in [5, 5.41) is 2.86. The SMILES string of the molecule is C[C@@H](c1ccccc1)C(c1nc2cc(I)ccc2[nH]1)N1C(=O)N[C@H](c2ccccc2)C1=O. The fourth-order valence-corrected chi connectivity index (χ4v) is 4.76. The lowest BCUT2D eigenvalue weighted by atomic mass is 9.91. The second-order valence-electron chi connectivity index (χ2n) is 7.93. The van der Waals surface area contributed by atoms with Crippen LogP contribution in [0.1, 0.15) is 41.9 Å². The summed E-state index contributed by atoms with van der Waals surface area (Å²) in [6, 6.07) is 23.5. The summed E-state index contributed by atoms with van der Waals surface area (Å²) < 4.78 is 1.07. The number of nitrogens with one attached hydrogen (secondary N) is 2. The number of imide groups is 1. The molecular formula is C25H21IN4O2. The molecule has 3 amide bonds. The standard InChI is InChI=1S/C25H21IN4O2/c1-15(16-8-4-2-5-9-16)22(23-27-19-13-12-18(26)14-20(19)28-23)30-24(31)21(29-25(30)32)17-10-6-3-7-11-17/h2-15,21-22H,1H3,(H,27,28)(H,29,32)/t15-,21+,22?/m0/s1. The van der Waals surface area contributed by atoms with Crippen molar-refractivity contribution in [3.8, 4) is 0 Å². The fraction of sp³-hybridized carbons (Fsp3) is 0.160. The third-order valence-corrected chi connectivity index (χ3v) is 6.60. The summed E-state index contributed by atoms with van der Waals surface area (Å²) in [5.74, 6) is 0.152. The number of aromatic nitrogens is 2. The van der Waals surface area contributed by atoms with Crippen molar-refractivity contribution in [3.05, 3.63) is 99.4 Å². The van der Waals surface area contributed by atoms with Crippen molar-refractivity contribution in [3.63, 3.8) is 0 Å². The molecule has 3 aromatic carbocycles. The van der Waals surface area contributed by atoms with E-state index in [2.05, 4.69) is 32.9 Å². The number of carbonyl (C=O) groups excluding carboxylic acids is 2. The van der Waals surface area contributed by atoms with Crippen LogP contribution >= 0.6 is 22.6 Å². The minimum Gasteiger partial charge on any atom is -0.340 e. The number of fused-ring (bicyclic) bond motifs is 1. The van der Waals surface area contributed by atoms with Crippen LogP contribution in [-0.2, 0) is 4.79 Å². The molecule has 6 nitrogen and oxygen atoms in total. The number of hydrogen-bond donors (Lipinski definition) is 2. The highest BCUT2D eigenvalue weighted by Gasteiger charge is 2.46. The van der Waals surface area contributed by atoms with E-state index in [-0.39, 0.29) is 11.8 Å². The van der Waals surface area contributed by atoms with Crippen LogP contribution < -0.4 is 5.32 Å². The monoisotopic (exact) mass is 536 g/mol. The molecule has 0 aliphatic carbocycles. The van der Waals surface area contributed by atoms with Gasteiger partial charge in [-0.1, -0.05) is 67.6 Å². The molecule has 1 aliphatic rings. The van der Waals surface area contributed by atoms with Gasteiger partial charge in [-0.05, 0) is 51.9 Å². The van der Waals surface area contributed by atoms with Crippen molar-refractivity contribution < 1.29 is 9.59 Å². The average molecular weight is 536 g/mol. The predicted molar refractivity (Wildman–Crippen MR) is 131 cm³/mol. The van der Waals surface area contributed by atoms with E-state index in [1.165, 1.54) is 4.90 Å². The summed E-state index contributed by atoms with van der Waals surface area (Å²) in [7, 11) is 0. The Morgan fingerprint density at radius 1 is 0.969 bits per heavy atom. The van der Waals surface area contributed by atoms with E-state index >= 15 is 0 Å². The minimum atomic E-state index is -0.709. The summed E-state index contributed by atoms with van der Waals surface area (Å²) in [6.07, 6.45) is 0. The highest BCUT2D eigenvalue weighted by Crippen LogP contribution is 2.39. The van der Waals surface area contributed by atoms with Crippen LogP contribution in [0.5, 0.6) is 0 Å². The largest absolute Gasteiger partial charge is 0.340 e. The second kappa shape index (κ2) is 8.38. The van der Waals surface area contributed by atoms with Gasteiger partial charge in [0.2, 0.25) is 0 Å². The van der Waals surface area contributed by atoms with Gasteiger partial charge in [0.15, 0.2) is 0 Å². The Morgan fingerprint density at radius 2 is 1.66 bits per heavy atom. The van der Waals surface area contributed by atoms with E-state index in [0.29, 0.717) is 5.82 Å². The number of H-pyrrole nitrogens is 1. The van der Waals surface area contributed by atoms with Crippen LogP contribution in [0.15, 0.2) is 78.9 Å². The van der Waals surface area contributed by atoms with E-state index in [1.54, 1.807) is 0 Å². The third kappa shape index (κ3) is 3.66. The topological polar surface area (TPSA) is 78.1 Å². The molecule has 7 heteroatoms. The van der Waals surface area contributed by atoms with Gasteiger partial charge < -0.3 is 10.3 Å². The predicted octanol–water partition coefficient (Wildman–Crippen LogP) is 5.31. The highest BCUT2D eigenvalue weighted by atomic mass is 127. The molecule has 0 bridgehead atoms. The number of urea groups is 1. The Hall–Kier alpha value is -3.20. The lowest BCUT2D eigenvalue weighted by molar-refractivity contribution is -0.129. The maximum Gasteiger partial charge on any atom is 0.325 e. The van der Waals surface area contributed by atoms with E-state index < -0.39 is 18.1 Å². The molecule has 5 rings (SSSR count). The Morgan fingerprint density at radius 3 is 2.38 bits per heavy atom.